The Bertz CT molecular complexity index is 599. The van der Waals surface area contributed by atoms with Gasteiger partial charge in [0.1, 0.15) is 0 Å². The molecule has 0 atom stereocenters. The summed E-state index contributed by atoms with van der Waals surface area (Å²) in [5.41, 5.74) is 1.77. The van der Waals surface area contributed by atoms with Gasteiger partial charge in [0.2, 0.25) is 0 Å². The Hall–Kier alpha value is -2.30. The van der Waals surface area contributed by atoms with Crippen molar-refractivity contribution in [3.63, 3.8) is 0 Å². The summed E-state index contributed by atoms with van der Waals surface area (Å²) in [5.74, 6) is 0. The molecule has 0 bridgehead atoms. The molecule has 2 heterocycles. The minimum atomic E-state index is 0.0211. The van der Waals surface area contributed by atoms with Gasteiger partial charge in [-0.3, -0.25) is 4.90 Å². The van der Waals surface area contributed by atoms with Gasteiger partial charge in [0, 0.05) is 58.0 Å². The highest BCUT2D eigenvalue weighted by Crippen LogP contribution is 2.17. The van der Waals surface area contributed by atoms with Gasteiger partial charge < -0.3 is 19.9 Å². The van der Waals surface area contributed by atoms with E-state index in [0.29, 0.717) is 25.2 Å². The summed E-state index contributed by atoms with van der Waals surface area (Å²) < 4.78 is 5.32. The van der Waals surface area contributed by atoms with E-state index < -0.39 is 0 Å². The van der Waals surface area contributed by atoms with Crippen LogP contribution in [0.25, 0.3) is 0 Å². The molecule has 0 aliphatic carbocycles. The zero-order valence-electron chi connectivity index (χ0n) is 14.5. The number of anilines is 1. The van der Waals surface area contributed by atoms with Crippen LogP contribution in [0, 0.1) is 11.3 Å². The lowest BCUT2D eigenvalue weighted by Crippen LogP contribution is -2.52. The third-order valence-electron chi connectivity index (χ3n) is 4.74. The third-order valence-corrected chi connectivity index (χ3v) is 4.74. The van der Waals surface area contributed by atoms with Gasteiger partial charge in [0.05, 0.1) is 24.8 Å². The van der Waals surface area contributed by atoms with Crippen molar-refractivity contribution in [2.75, 3.05) is 70.5 Å². The molecule has 1 aromatic rings. The average molecular weight is 343 g/mol. The highest BCUT2D eigenvalue weighted by molar-refractivity contribution is 5.74. The predicted molar refractivity (Wildman–Crippen MR) is 95.6 cm³/mol. The summed E-state index contributed by atoms with van der Waals surface area (Å²) in [4.78, 5) is 18.7. The van der Waals surface area contributed by atoms with Gasteiger partial charge in [-0.2, -0.15) is 5.26 Å². The van der Waals surface area contributed by atoms with Gasteiger partial charge in [-0.05, 0) is 24.3 Å². The standard InChI is InChI=1S/C18H25N5O2/c19-15-16-1-3-17(4-2-16)22-7-9-23(10-8-22)18(24)20-5-6-21-11-13-25-14-12-21/h1-4H,5-14H2,(H,20,24). The summed E-state index contributed by atoms with van der Waals surface area (Å²) >= 11 is 0. The number of morpholine rings is 1. The van der Waals surface area contributed by atoms with E-state index in [0.717, 1.165) is 51.6 Å². The SMILES string of the molecule is N#Cc1ccc(N2CCN(C(=O)NCCN3CCOCC3)CC2)cc1. The van der Waals surface area contributed by atoms with Crippen LogP contribution in [0.2, 0.25) is 0 Å². The Morgan fingerprint density at radius 1 is 1.08 bits per heavy atom. The van der Waals surface area contributed by atoms with E-state index in [1.54, 1.807) is 0 Å². The third kappa shape index (κ3) is 4.84. The predicted octanol–water partition coefficient (Wildman–Crippen LogP) is 0.722. The molecule has 2 saturated heterocycles. The lowest BCUT2D eigenvalue weighted by Gasteiger charge is -2.36. The lowest BCUT2D eigenvalue weighted by atomic mass is 10.2. The maximum absolute atomic E-state index is 12.3. The Morgan fingerprint density at radius 3 is 2.40 bits per heavy atom. The molecular formula is C18H25N5O2. The zero-order chi connectivity index (χ0) is 17.5. The number of nitrogens with zero attached hydrogens (tertiary/aromatic N) is 4. The van der Waals surface area contributed by atoms with Crippen LogP contribution in [0.5, 0.6) is 0 Å². The van der Waals surface area contributed by atoms with Crippen LogP contribution in [-0.4, -0.2) is 81.4 Å². The van der Waals surface area contributed by atoms with Crippen molar-refractivity contribution in [2.24, 2.45) is 0 Å². The molecule has 0 aromatic heterocycles. The minimum Gasteiger partial charge on any atom is -0.379 e. The molecule has 134 valence electrons. The number of carbonyl (C=O) groups is 1. The van der Waals surface area contributed by atoms with Crippen LogP contribution in [0.4, 0.5) is 10.5 Å². The van der Waals surface area contributed by atoms with E-state index in [4.69, 9.17) is 10.00 Å². The summed E-state index contributed by atoms with van der Waals surface area (Å²) in [6.45, 7) is 8.04. The Kier molecular flexibility index (Phi) is 6.09. The summed E-state index contributed by atoms with van der Waals surface area (Å²) in [6, 6.07) is 9.76. The number of hydrogen-bond acceptors (Lipinski definition) is 5. The number of ether oxygens (including phenoxy) is 1. The minimum absolute atomic E-state index is 0.0211. The molecule has 7 heteroatoms. The molecule has 0 saturated carbocycles. The fourth-order valence-electron chi connectivity index (χ4n) is 3.17. The molecule has 7 nitrogen and oxygen atoms in total. The first-order valence-corrected chi connectivity index (χ1v) is 8.84. The van der Waals surface area contributed by atoms with Crippen molar-refractivity contribution >= 4 is 11.7 Å². The molecule has 0 spiro atoms. The van der Waals surface area contributed by atoms with E-state index in [1.165, 1.54) is 0 Å². The van der Waals surface area contributed by atoms with Crippen molar-refractivity contribution in [1.29, 1.82) is 5.26 Å². The first-order chi connectivity index (χ1) is 12.3. The lowest BCUT2D eigenvalue weighted by molar-refractivity contribution is 0.0386. The fraction of sp³-hybridized carbons (Fsp3) is 0.556. The van der Waals surface area contributed by atoms with Gasteiger partial charge in [0.25, 0.3) is 0 Å². The van der Waals surface area contributed by atoms with Crippen LogP contribution in [0.15, 0.2) is 24.3 Å². The van der Waals surface area contributed by atoms with Crippen molar-refractivity contribution in [3.8, 4) is 6.07 Å². The van der Waals surface area contributed by atoms with Gasteiger partial charge in [0.15, 0.2) is 0 Å². The maximum Gasteiger partial charge on any atom is 0.317 e. The number of carbonyl (C=O) groups excluding carboxylic acids is 1. The van der Waals surface area contributed by atoms with Crippen LogP contribution in [0.3, 0.4) is 0 Å². The second-order valence-corrected chi connectivity index (χ2v) is 6.32. The molecule has 2 amide bonds. The Morgan fingerprint density at radius 2 is 1.76 bits per heavy atom. The number of hydrogen-bond donors (Lipinski definition) is 1. The normalized spacial score (nSPS) is 18.7. The summed E-state index contributed by atoms with van der Waals surface area (Å²) in [5, 5.41) is 11.9. The topological polar surface area (TPSA) is 71.8 Å². The van der Waals surface area contributed by atoms with Crippen molar-refractivity contribution in [1.82, 2.24) is 15.1 Å². The molecule has 1 N–H and O–H groups in total. The number of benzene rings is 1. The van der Waals surface area contributed by atoms with Crippen molar-refractivity contribution < 1.29 is 9.53 Å². The smallest absolute Gasteiger partial charge is 0.317 e. The van der Waals surface area contributed by atoms with Crippen LogP contribution < -0.4 is 10.2 Å². The maximum atomic E-state index is 12.3. The molecule has 1 aromatic carbocycles. The Labute approximate surface area is 148 Å². The summed E-state index contributed by atoms with van der Waals surface area (Å²) in [6.07, 6.45) is 0. The number of piperazine rings is 1. The number of nitriles is 1. The van der Waals surface area contributed by atoms with E-state index >= 15 is 0 Å². The van der Waals surface area contributed by atoms with Crippen LogP contribution in [-0.2, 0) is 4.74 Å². The number of nitrogens with one attached hydrogen (secondary N) is 1. The van der Waals surface area contributed by atoms with E-state index in [9.17, 15) is 4.79 Å². The van der Waals surface area contributed by atoms with Gasteiger partial charge in [-0.1, -0.05) is 0 Å². The number of rotatable bonds is 4. The number of urea groups is 1. The average Bonchev–Trinajstić information content (AvgIpc) is 2.69. The monoisotopic (exact) mass is 343 g/mol. The molecule has 25 heavy (non-hydrogen) atoms. The van der Waals surface area contributed by atoms with E-state index in [2.05, 4.69) is 21.2 Å². The first kappa shape index (κ1) is 17.5. The van der Waals surface area contributed by atoms with Gasteiger partial charge in [-0.15, -0.1) is 0 Å². The van der Waals surface area contributed by atoms with Crippen molar-refractivity contribution in [3.05, 3.63) is 29.8 Å². The van der Waals surface area contributed by atoms with Gasteiger partial charge in [-0.25, -0.2) is 4.79 Å². The first-order valence-electron chi connectivity index (χ1n) is 8.84. The fourth-order valence-corrected chi connectivity index (χ4v) is 3.17. The quantitative estimate of drug-likeness (QED) is 0.872. The number of amides is 2. The second kappa shape index (κ2) is 8.70. The van der Waals surface area contributed by atoms with Gasteiger partial charge >= 0.3 is 6.03 Å². The molecular weight excluding hydrogens is 318 g/mol. The largest absolute Gasteiger partial charge is 0.379 e. The van der Waals surface area contributed by atoms with Crippen LogP contribution >= 0.6 is 0 Å². The highest BCUT2D eigenvalue weighted by Gasteiger charge is 2.21. The van der Waals surface area contributed by atoms with Crippen molar-refractivity contribution in [2.45, 2.75) is 0 Å². The summed E-state index contributed by atoms with van der Waals surface area (Å²) in [7, 11) is 0. The van der Waals surface area contributed by atoms with E-state index in [1.807, 2.05) is 29.2 Å². The molecule has 2 aliphatic heterocycles. The molecule has 2 aliphatic rings. The molecule has 3 rings (SSSR count). The van der Waals surface area contributed by atoms with Crippen LogP contribution in [0.1, 0.15) is 5.56 Å². The Balaban J connectivity index is 1.39. The molecule has 2 fully saturated rings. The molecule has 0 radical (unpaired) electrons. The second-order valence-electron chi connectivity index (χ2n) is 6.32. The van der Waals surface area contributed by atoms with E-state index in [-0.39, 0.29) is 6.03 Å². The zero-order valence-corrected chi connectivity index (χ0v) is 14.5. The highest BCUT2D eigenvalue weighted by atomic mass is 16.5. The molecule has 0 unspecified atom stereocenters.